The van der Waals surface area contributed by atoms with Crippen LogP contribution in [-0.2, 0) is 0 Å². The molecular formula is C15H15NO5. The van der Waals surface area contributed by atoms with Gasteiger partial charge in [-0.05, 0) is 29.8 Å². The Morgan fingerprint density at radius 1 is 1.33 bits per heavy atom. The standard InChI is InChI=1S/C15H15NO5/c1-20-11-5-2-4-10(8-11)12(17)9-21-13-6-3-7-16-14(13)15(18)19/h2-8,12,17H,9H2,1H3,(H,18,19). The van der Waals surface area contributed by atoms with Crippen LogP contribution in [0.3, 0.4) is 0 Å². The molecule has 0 radical (unpaired) electrons. The summed E-state index contributed by atoms with van der Waals surface area (Å²) in [4.78, 5) is 14.7. The molecule has 0 fully saturated rings. The number of pyridine rings is 1. The number of carbonyl (C=O) groups is 1. The molecule has 0 spiro atoms. The predicted molar refractivity (Wildman–Crippen MR) is 74.6 cm³/mol. The molecule has 1 aromatic heterocycles. The first-order valence-corrected chi connectivity index (χ1v) is 6.25. The predicted octanol–water partition coefficient (Wildman–Crippen LogP) is 1.90. The largest absolute Gasteiger partial charge is 0.497 e. The fourth-order valence-electron chi connectivity index (χ4n) is 1.78. The van der Waals surface area contributed by atoms with Gasteiger partial charge >= 0.3 is 5.97 Å². The van der Waals surface area contributed by atoms with E-state index in [9.17, 15) is 9.90 Å². The summed E-state index contributed by atoms with van der Waals surface area (Å²) in [6.07, 6.45) is 0.469. The first-order chi connectivity index (χ1) is 10.1. The van der Waals surface area contributed by atoms with Crippen LogP contribution >= 0.6 is 0 Å². The Balaban J connectivity index is 2.07. The van der Waals surface area contributed by atoms with E-state index in [4.69, 9.17) is 14.6 Å². The van der Waals surface area contributed by atoms with Crippen molar-refractivity contribution in [2.24, 2.45) is 0 Å². The van der Waals surface area contributed by atoms with Crippen LogP contribution in [0.1, 0.15) is 22.2 Å². The van der Waals surface area contributed by atoms with Crippen LogP contribution in [0.25, 0.3) is 0 Å². The normalized spacial score (nSPS) is 11.7. The molecule has 0 bridgehead atoms. The van der Waals surface area contributed by atoms with Crippen LogP contribution in [0.5, 0.6) is 11.5 Å². The van der Waals surface area contributed by atoms with Gasteiger partial charge in [-0.15, -0.1) is 0 Å². The van der Waals surface area contributed by atoms with E-state index in [0.717, 1.165) is 0 Å². The third-order valence-electron chi connectivity index (χ3n) is 2.85. The number of benzene rings is 1. The number of aromatic nitrogens is 1. The average Bonchev–Trinajstić information content (AvgIpc) is 2.52. The smallest absolute Gasteiger partial charge is 0.358 e. The van der Waals surface area contributed by atoms with Crippen molar-refractivity contribution in [2.45, 2.75) is 6.10 Å². The van der Waals surface area contributed by atoms with Gasteiger partial charge in [0, 0.05) is 6.20 Å². The number of rotatable bonds is 6. The van der Waals surface area contributed by atoms with Crippen LogP contribution in [-0.4, -0.2) is 34.9 Å². The van der Waals surface area contributed by atoms with Gasteiger partial charge in [0.2, 0.25) is 0 Å². The number of aromatic carboxylic acids is 1. The minimum Gasteiger partial charge on any atom is -0.497 e. The number of hydrogen-bond acceptors (Lipinski definition) is 5. The van der Waals surface area contributed by atoms with Crippen LogP contribution in [0.4, 0.5) is 0 Å². The van der Waals surface area contributed by atoms with Crippen molar-refractivity contribution in [1.29, 1.82) is 0 Å². The summed E-state index contributed by atoms with van der Waals surface area (Å²) in [6.45, 7) is -0.0842. The van der Waals surface area contributed by atoms with Crippen molar-refractivity contribution in [1.82, 2.24) is 4.98 Å². The zero-order valence-electron chi connectivity index (χ0n) is 11.4. The zero-order valence-corrected chi connectivity index (χ0v) is 11.4. The second-order valence-electron chi connectivity index (χ2n) is 4.26. The average molecular weight is 289 g/mol. The maximum atomic E-state index is 11.0. The molecule has 1 atom stereocenters. The Kier molecular flexibility index (Phi) is 4.73. The Hall–Kier alpha value is -2.60. The van der Waals surface area contributed by atoms with Gasteiger partial charge in [-0.2, -0.15) is 0 Å². The van der Waals surface area contributed by atoms with Crippen LogP contribution in [0, 0.1) is 0 Å². The van der Waals surface area contributed by atoms with E-state index in [2.05, 4.69) is 4.98 Å². The van der Waals surface area contributed by atoms with Crippen molar-refractivity contribution < 1.29 is 24.5 Å². The third kappa shape index (κ3) is 3.70. The highest BCUT2D eigenvalue weighted by molar-refractivity contribution is 5.88. The molecule has 0 amide bonds. The maximum Gasteiger partial charge on any atom is 0.358 e. The lowest BCUT2D eigenvalue weighted by atomic mass is 10.1. The summed E-state index contributed by atoms with van der Waals surface area (Å²) >= 11 is 0. The van der Waals surface area contributed by atoms with E-state index in [1.807, 2.05) is 0 Å². The Bertz CT molecular complexity index is 629. The summed E-state index contributed by atoms with van der Waals surface area (Å²) in [5, 5.41) is 19.1. The van der Waals surface area contributed by atoms with Crippen molar-refractivity contribution >= 4 is 5.97 Å². The first kappa shape index (κ1) is 14.8. The second kappa shape index (κ2) is 6.71. The van der Waals surface area contributed by atoms with Gasteiger partial charge < -0.3 is 19.7 Å². The molecule has 0 saturated heterocycles. The van der Waals surface area contributed by atoms with Crippen LogP contribution < -0.4 is 9.47 Å². The molecule has 1 unspecified atom stereocenters. The second-order valence-corrected chi connectivity index (χ2v) is 4.26. The first-order valence-electron chi connectivity index (χ1n) is 6.25. The quantitative estimate of drug-likeness (QED) is 0.844. The molecule has 1 aromatic carbocycles. The van der Waals surface area contributed by atoms with Gasteiger partial charge in [0.15, 0.2) is 11.4 Å². The van der Waals surface area contributed by atoms with E-state index >= 15 is 0 Å². The number of nitrogens with zero attached hydrogens (tertiary/aromatic N) is 1. The van der Waals surface area contributed by atoms with E-state index in [0.29, 0.717) is 11.3 Å². The molecule has 1 heterocycles. The molecule has 0 aliphatic carbocycles. The van der Waals surface area contributed by atoms with Crippen molar-refractivity contribution in [2.75, 3.05) is 13.7 Å². The zero-order chi connectivity index (χ0) is 15.2. The van der Waals surface area contributed by atoms with Crippen LogP contribution in [0.2, 0.25) is 0 Å². The highest BCUT2D eigenvalue weighted by atomic mass is 16.5. The van der Waals surface area contributed by atoms with E-state index in [-0.39, 0.29) is 18.1 Å². The number of ether oxygens (including phenoxy) is 2. The van der Waals surface area contributed by atoms with Gasteiger partial charge in [-0.3, -0.25) is 0 Å². The number of methoxy groups -OCH3 is 1. The molecule has 0 aliphatic rings. The molecule has 2 aromatic rings. The van der Waals surface area contributed by atoms with Gasteiger partial charge in [0.25, 0.3) is 0 Å². The van der Waals surface area contributed by atoms with Crippen LogP contribution in [0.15, 0.2) is 42.6 Å². The Morgan fingerprint density at radius 3 is 2.86 bits per heavy atom. The minimum atomic E-state index is -1.18. The molecular weight excluding hydrogens is 274 g/mol. The molecule has 2 N–H and O–H groups in total. The molecule has 0 aliphatic heterocycles. The molecule has 6 nitrogen and oxygen atoms in total. The molecule has 0 saturated carbocycles. The highest BCUT2D eigenvalue weighted by Gasteiger charge is 2.15. The molecule has 110 valence electrons. The van der Waals surface area contributed by atoms with E-state index < -0.39 is 12.1 Å². The monoisotopic (exact) mass is 289 g/mol. The Morgan fingerprint density at radius 2 is 2.14 bits per heavy atom. The number of hydrogen-bond donors (Lipinski definition) is 2. The topological polar surface area (TPSA) is 88.9 Å². The van der Waals surface area contributed by atoms with Gasteiger partial charge in [0.05, 0.1) is 7.11 Å². The highest BCUT2D eigenvalue weighted by Crippen LogP contribution is 2.21. The minimum absolute atomic E-state index is 0.0842. The number of carboxylic acids is 1. The van der Waals surface area contributed by atoms with Crippen molar-refractivity contribution in [3.05, 3.63) is 53.9 Å². The Labute approximate surface area is 121 Å². The number of aliphatic hydroxyl groups is 1. The molecule has 21 heavy (non-hydrogen) atoms. The summed E-state index contributed by atoms with van der Waals surface area (Å²) in [5.41, 5.74) is 0.436. The van der Waals surface area contributed by atoms with Crippen molar-refractivity contribution in [3.8, 4) is 11.5 Å². The maximum absolute atomic E-state index is 11.0. The fraction of sp³-hybridized carbons (Fsp3) is 0.200. The van der Waals surface area contributed by atoms with E-state index in [1.54, 1.807) is 30.3 Å². The van der Waals surface area contributed by atoms with Gasteiger partial charge in [-0.1, -0.05) is 12.1 Å². The SMILES string of the molecule is COc1cccc(C(O)COc2cccnc2C(=O)O)c1. The van der Waals surface area contributed by atoms with Crippen molar-refractivity contribution in [3.63, 3.8) is 0 Å². The van der Waals surface area contributed by atoms with E-state index in [1.165, 1.54) is 19.4 Å². The lowest BCUT2D eigenvalue weighted by molar-refractivity contribution is 0.0675. The lowest BCUT2D eigenvalue weighted by Crippen LogP contribution is -2.12. The third-order valence-corrected chi connectivity index (χ3v) is 2.85. The summed E-state index contributed by atoms with van der Waals surface area (Å²) in [7, 11) is 1.54. The van der Waals surface area contributed by atoms with Gasteiger partial charge in [0.1, 0.15) is 18.5 Å². The summed E-state index contributed by atoms with van der Waals surface area (Å²) in [6, 6.07) is 10.0. The van der Waals surface area contributed by atoms with Gasteiger partial charge in [-0.25, -0.2) is 9.78 Å². The number of carboxylic acid groups (broad SMARTS) is 1. The summed E-state index contributed by atoms with van der Waals surface area (Å²) in [5.74, 6) is -0.437. The molecule has 2 rings (SSSR count). The summed E-state index contributed by atoms with van der Waals surface area (Å²) < 4.78 is 10.4. The fourth-order valence-corrected chi connectivity index (χ4v) is 1.78. The molecule has 6 heteroatoms. The lowest BCUT2D eigenvalue weighted by Gasteiger charge is -2.14. The number of aliphatic hydroxyl groups excluding tert-OH is 1.